The van der Waals surface area contributed by atoms with Gasteiger partial charge in [0.1, 0.15) is 0 Å². The number of aliphatic hydroxyl groups excluding tert-OH is 1. The van der Waals surface area contributed by atoms with E-state index in [1.165, 1.54) is 0 Å². The van der Waals surface area contributed by atoms with Gasteiger partial charge in [-0.3, -0.25) is 0 Å². The van der Waals surface area contributed by atoms with Gasteiger partial charge in [-0.25, -0.2) is 4.98 Å². The van der Waals surface area contributed by atoms with Gasteiger partial charge in [0.2, 0.25) is 0 Å². The quantitative estimate of drug-likeness (QED) is 0.815. The normalized spacial score (nSPS) is 13.1. The molecule has 1 N–H and O–H groups in total. The lowest BCUT2D eigenvalue weighted by molar-refractivity contribution is 0.195. The summed E-state index contributed by atoms with van der Waals surface area (Å²) in [6.45, 7) is 8.58. The summed E-state index contributed by atoms with van der Waals surface area (Å²) >= 11 is 1.58. The molecule has 0 aliphatic heterocycles. The molecule has 0 bridgehead atoms. The number of thiazole rings is 1. The summed E-state index contributed by atoms with van der Waals surface area (Å²) in [5.74, 6) is 0.575. The predicted molar refractivity (Wildman–Crippen MR) is 71.7 cm³/mol. The first-order valence-electron chi connectivity index (χ1n) is 5.92. The molecule has 0 amide bonds. The van der Waals surface area contributed by atoms with E-state index in [2.05, 4.69) is 23.7 Å². The van der Waals surface area contributed by atoms with Crippen LogP contribution in [0.15, 0.2) is 5.38 Å². The molecule has 0 aliphatic carbocycles. The molecular formula is C12H22N2O2S. The van der Waals surface area contributed by atoms with Crippen LogP contribution in [0.4, 0.5) is 5.13 Å². The van der Waals surface area contributed by atoms with Crippen LogP contribution in [-0.4, -0.2) is 36.9 Å². The number of anilines is 1. The van der Waals surface area contributed by atoms with E-state index < -0.39 is 6.10 Å². The largest absolute Gasteiger partial charge is 0.387 e. The molecular weight excluding hydrogens is 236 g/mol. The van der Waals surface area contributed by atoms with Crippen LogP contribution in [0.3, 0.4) is 0 Å². The standard InChI is InChI=1S/C12H22N2O2S/c1-9(2)7-14(5-6-16-4)12-13-11(8-17-12)10(3)15/h8-10,15H,5-7H2,1-4H3. The highest BCUT2D eigenvalue weighted by molar-refractivity contribution is 7.13. The molecule has 1 atom stereocenters. The van der Waals surface area contributed by atoms with Crippen molar-refractivity contribution in [2.45, 2.75) is 26.9 Å². The molecule has 17 heavy (non-hydrogen) atoms. The third kappa shape index (κ3) is 4.61. The highest BCUT2D eigenvalue weighted by Crippen LogP contribution is 2.24. The van der Waals surface area contributed by atoms with Crippen molar-refractivity contribution in [3.8, 4) is 0 Å². The van der Waals surface area contributed by atoms with Gasteiger partial charge in [0.05, 0.1) is 18.4 Å². The maximum atomic E-state index is 9.48. The Labute approximate surface area is 107 Å². The summed E-state index contributed by atoms with van der Waals surface area (Å²) < 4.78 is 5.12. The second-order valence-electron chi connectivity index (χ2n) is 4.56. The summed E-state index contributed by atoms with van der Waals surface area (Å²) in [6, 6.07) is 0. The van der Waals surface area contributed by atoms with Crippen molar-refractivity contribution in [2.75, 3.05) is 31.7 Å². The smallest absolute Gasteiger partial charge is 0.185 e. The van der Waals surface area contributed by atoms with E-state index >= 15 is 0 Å². The summed E-state index contributed by atoms with van der Waals surface area (Å²) in [6.07, 6.45) is -0.497. The van der Waals surface area contributed by atoms with Crippen LogP contribution in [0.25, 0.3) is 0 Å². The first kappa shape index (κ1) is 14.4. The number of ether oxygens (including phenoxy) is 1. The summed E-state index contributed by atoms with van der Waals surface area (Å²) in [4.78, 5) is 6.67. The van der Waals surface area contributed by atoms with Gasteiger partial charge < -0.3 is 14.7 Å². The maximum Gasteiger partial charge on any atom is 0.185 e. The van der Waals surface area contributed by atoms with Crippen LogP contribution < -0.4 is 4.90 Å². The summed E-state index contributed by atoms with van der Waals surface area (Å²) in [5, 5.41) is 12.4. The Morgan fingerprint density at radius 2 is 2.18 bits per heavy atom. The Kier molecular flexibility index (Phi) is 5.88. The molecule has 0 saturated carbocycles. The second-order valence-corrected chi connectivity index (χ2v) is 5.40. The monoisotopic (exact) mass is 258 g/mol. The van der Waals surface area contributed by atoms with Crippen LogP contribution in [0, 0.1) is 5.92 Å². The lowest BCUT2D eigenvalue weighted by atomic mass is 10.2. The van der Waals surface area contributed by atoms with Crippen LogP contribution in [0.1, 0.15) is 32.6 Å². The van der Waals surface area contributed by atoms with Gasteiger partial charge in [-0.05, 0) is 12.8 Å². The van der Waals surface area contributed by atoms with E-state index in [-0.39, 0.29) is 0 Å². The van der Waals surface area contributed by atoms with Crippen molar-refractivity contribution in [1.82, 2.24) is 4.98 Å². The van der Waals surface area contributed by atoms with Gasteiger partial charge in [0.25, 0.3) is 0 Å². The first-order valence-corrected chi connectivity index (χ1v) is 6.80. The van der Waals surface area contributed by atoms with Gasteiger partial charge in [-0.15, -0.1) is 11.3 Å². The fourth-order valence-corrected chi connectivity index (χ4v) is 2.47. The molecule has 0 aliphatic rings. The zero-order chi connectivity index (χ0) is 12.8. The van der Waals surface area contributed by atoms with E-state index in [4.69, 9.17) is 4.74 Å². The van der Waals surface area contributed by atoms with Crippen LogP contribution in [-0.2, 0) is 4.74 Å². The molecule has 0 spiro atoms. The topological polar surface area (TPSA) is 45.6 Å². The minimum atomic E-state index is -0.497. The average Bonchev–Trinajstić information content (AvgIpc) is 2.72. The van der Waals surface area contributed by atoms with Crippen molar-refractivity contribution in [2.24, 2.45) is 5.92 Å². The van der Waals surface area contributed by atoms with Gasteiger partial charge in [-0.1, -0.05) is 13.8 Å². The number of hydrogen-bond donors (Lipinski definition) is 1. The zero-order valence-corrected chi connectivity index (χ0v) is 11.8. The Balaban J connectivity index is 2.72. The van der Waals surface area contributed by atoms with E-state index in [1.807, 2.05) is 5.38 Å². The number of rotatable bonds is 7. The highest BCUT2D eigenvalue weighted by Gasteiger charge is 2.14. The van der Waals surface area contributed by atoms with Gasteiger partial charge >= 0.3 is 0 Å². The Morgan fingerprint density at radius 3 is 2.65 bits per heavy atom. The second kappa shape index (κ2) is 6.93. The predicted octanol–water partition coefficient (Wildman–Crippen LogP) is 2.31. The molecule has 1 aromatic rings. The molecule has 1 aromatic heterocycles. The molecule has 1 unspecified atom stereocenters. The molecule has 98 valence electrons. The van der Waals surface area contributed by atoms with E-state index in [1.54, 1.807) is 25.4 Å². The Morgan fingerprint density at radius 1 is 1.47 bits per heavy atom. The van der Waals surface area contributed by atoms with E-state index in [0.717, 1.165) is 23.9 Å². The highest BCUT2D eigenvalue weighted by atomic mass is 32.1. The number of aliphatic hydroxyl groups is 1. The number of nitrogens with zero attached hydrogens (tertiary/aromatic N) is 2. The molecule has 0 saturated heterocycles. The average molecular weight is 258 g/mol. The minimum Gasteiger partial charge on any atom is -0.387 e. The lowest BCUT2D eigenvalue weighted by Gasteiger charge is -2.23. The fraction of sp³-hybridized carbons (Fsp3) is 0.750. The summed E-state index contributed by atoms with van der Waals surface area (Å²) in [5.41, 5.74) is 0.746. The molecule has 1 heterocycles. The molecule has 0 radical (unpaired) electrons. The van der Waals surface area contributed by atoms with Crippen molar-refractivity contribution < 1.29 is 9.84 Å². The minimum absolute atomic E-state index is 0.497. The zero-order valence-electron chi connectivity index (χ0n) is 11.0. The van der Waals surface area contributed by atoms with Crippen molar-refractivity contribution >= 4 is 16.5 Å². The van der Waals surface area contributed by atoms with E-state index in [0.29, 0.717) is 12.5 Å². The molecule has 1 rings (SSSR count). The summed E-state index contributed by atoms with van der Waals surface area (Å²) in [7, 11) is 1.70. The fourth-order valence-electron chi connectivity index (χ4n) is 1.52. The van der Waals surface area contributed by atoms with Crippen LogP contribution >= 0.6 is 11.3 Å². The lowest BCUT2D eigenvalue weighted by Crippen LogP contribution is -2.30. The molecule has 0 fully saturated rings. The molecule has 5 heteroatoms. The van der Waals surface area contributed by atoms with Gasteiger partial charge in [0, 0.05) is 25.6 Å². The number of hydrogen-bond acceptors (Lipinski definition) is 5. The SMILES string of the molecule is COCCN(CC(C)C)c1nc(C(C)O)cs1. The number of aromatic nitrogens is 1. The van der Waals surface area contributed by atoms with Crippen molar-refractivity contribution in [1.29, 1.82) is 0 Å². The molecule has 0 aromatic carbocycles. The van der Waals surface area contributed by atoms with Gasteiger partial charge in [0.15, 0.2) is 5.13 Å². The van der Waals surface area contributed by atoms with Crippen molar-refractivity contribution in [3.05, 3.63) is 11.1 Å². The number of methoxy groups -OCH3 is 1. The van der Waals surface area contributed by atoms with Crippen molar-refractivity contribution in [3.63, 3.8) is 0 Å². The maximum absolute atomic E-state index is 9.48. The first-order chi connectivity index (χ1) is 8.04. The van der Waals surface area contributed by atoms with Gasteiger partial charge in [-0.2, -0.15) is 0 Å². The molecule has 4 nitrogen and oxygen atoms in total. The Hall–Kier alpha value is -0.650. The van der Waals surface area contributed by atoms with E-state index in [9.17, 15) is 5.11 Å². The third-order valence-electron chi connectivity index (χ3n) is 2.36. The third-order valence-corrected chi connectivity index (χ3v) is 3.28. The Bertz CT molecular complexity index is 326. The van der Waals surface area contributed by atoms with Crippen LogP contribution in [0.2, 0.25) is 0 Å². The van der Waals surface area contributed by atoms with Crippen LogP contribution in [0.5, 0.6) is 0 Å².